The average molecular weight is 1150 g/mol. The van der Waals surface area contributed by atoms with Crippen LogP contribution in [0.3, 0.4) is 0 Å². The highest BCUT2D eigenvalue weighted by molar-refractivity contribution is 5.71. The Kier molecular flexibility index (Phi) is 66.3. The molecule has 0 fully saturated rings. The van der Waals surface area contributed by atoms with Crippen molar-refractivity contribution in [2.45, 2.75) is 322 Å². The first kappa shape index (κ1) is 78.5. The zero-order chi connectivity index (χ0) is 59.9. The number of unbranched alkanes of at least 4 members (excludes halogenated alkanes) is 29. The van der Waals surface area contributed by atoms with Crippen molar-refractivity contribution >= 4 is 17.9 Å². The van der Waals surface area contributed by atoms with Crippen LogP contribution in [0.25, 0.3) is 0 Å². The van der Waals surface area contributed by atoms with Crippen LogP contribution < -0.4 is 0 Å². The van der Waals surface area contributed by atoms with E-state index in [1.165, 1.54) is 141 Å². The fourth-order valence-electron chi connectivity index (χ4n) is 9.43. The van der Waals surface area contributed by atoms with Gasteiger partial charge in [0.05, 0.1) is 0 Å². The minimum atomic E-state index is -0.804. The summed E-state index contributed by atoms with van der Waals surface area (Å²) >= 11 is 0. The van der Waals surface area contributed by atoms with E-state index in [9.17, 15) is 14.4 Å². The van der Waals surface area contributed by atoms with Gasteiger partial charge in [0.15, 0.2) is 6.10 Å². The van der Waals surface area contributed by atoms with Crippen molar-refractivity contribution in [3.8, 4) is 0 Å². The summed E-state index contributed by atoms with van der Waals surface area (Å²) in [4.78, 5) is 38.5. The number of ether oxygens (including phenoxy) is 3. The van der Waals surface area contributed by atoms with Gasteiger partial charge in [0, 0.05) is 19.3 Å². The standard InChI is InChI=1S/C77H128O6/c1-4-7-10-13-16-19-22-25-28-31-33-35-37-38-40-41-43-46-49-52-55-58-61-64-67-70-76(79)82-73-74(72-81-75(78)69-66-63-60-57-54-51-48-45-30-27-24-21-18-15-12-9-6-3)83-77(80)71-68-65-62-59-56-53-50-47-44-42-39-36-34-32-29-26-23-20-17-14-11-8-5-2/h8,11,17-18,20-22,25-27,29-31,33-34,36-38,42,44,50,53,74H,4-7,9-10,12-16,19,23-24,28,32,35,39-41,43,45-49,51-52,54-73H2,1-3H3/b11-8-,20-17-,21-18-,25-22-,29-26-,30-27-,33-31-,36-34-,38-37-,44-42-,53-50-. The van der Waals surface area contributed by atoms with E-state index >= 15 is 0 Å². The van der Waals surface area contributed by atoms with Crippen LogP contribution in [0.2, 0.25) is 0 Å². The SMILES string of the molecule is CC/C=C\C/C=C\C/C=C\C/C=C\C/C=C\C/C=C\CCCCCCC(=O)OC(COC(=O)CCCCCCCCC/C=C\C/C=C\CCCCC)COC(=O)CCCCCCCCCCCC/C=C\C/C=C\C/C=C\CCCCCCC. The molecule has 0 amide bonds. The summed E-state index contributed by atoms with van der Waals surface area (Å²) in [6.07, 6.45) is 98.8. The molecule has 0 spiro atoms. The second-order valence-corrected chi connectivity index (χ2v) is 22.7. The van der Waals surface area contributed by atoms with E-state index in [1.54, 1.807) is 0 Å². The number of carbonyl (C=O) groups excluding carboxylic acids is 3. The first-order valence-electron chi connectivity index (χ1n) is 34.7. The quantitative estimate of drug-likeness (QED) is 0.0261. The molecule has 0 N–H and O–H groups in total. The first-order valence-corrected chi connectivity index (χ1v) is 34.7. The predicted molar refractivity (Wildman–Crippen MR) is 362 cm³/mol. The van der Waals surface area contributed by atoms with Crippen molar-refractivity contribution in [1.82, 2.24) is 0 Å². The third-order valence-corrected chi connectivity index (χ3v) is 14.6. The van der Waals surface area contributed by atoms with E-state index in [2.05, 4.69) is 154 Å². The van der Waals surface area contributed by atoms with Crippen LogP contribution in [-0.2, 0) is 28.6 Å². The number of hydrogen-bond donors (Lipinski definition) is 0. The molecule has 0 aromatic heterocycles. The van der Waals surface area contributed by atoms with Crippen LogP contribution in [0.15, 0.2) is 134 Å². The van der Waals surface area contributed by atoms with Crippen LogP contribution in [-0.4, -0.2) is 37.2 Å². The van der Waals surface area contributed by atoms with Crippen molar-refractivity contribution in [1.29, 1.82) is 0 Å². The van der Waals surface area contributed by atoms with Gasteiger partial charge < -0.3 is 14.2 Å². The first-order chi connectivity index (χ1) is 41.0. The fourth-order valence-corrected chi connectivity index (χ4v) is 9.43. The molecule has 0 bridgehead atoms. The molecule has 0 aromatic rings. The second-order valence-electron chi connectivity index (χ2n) is 22.7. The molecule has 0 radical (unpaired) electrons. The lowest BCUT2D eigenvalue weighted by Crippen LogP contribution is -2.30. The van der Waals surface area contributed by atoms with E-state index in [-0.39, 0.29) is 31.1 Å². The van der Waals surface area contributed by atoms with Gasteiger partial charge in [0.25, 0.3) is 0 Å². The van der Waals surface area contributed by atoms with Gasteiger partial charge in [-0.3, -0.25) is 14.4 Å². The normalized spacial score (nSPS) is 13.0. The molecule has 6 heteroatoms. The van der Waals surface area contributed by atoms with Gasteiger partial charge >= 0.3 is 17.9 Å². The van der Waals surface area contributed by atoms with Crippen molar-refractivity contribution in [3.05, 3.63) is 134 Å². The van der Waals surface area contributed by atoms with Crippen LogP contribution >= 0.6 is 0 Å². The lowest BCUT2D eigenvalue weighted by Gasteiger charge is -2.18. The van der Waals surface area contributed by atoms with Gasteiger partial charge in [-0.25, -0.2) is 0 Å². The lowest BCUT2D eigenvalue weighted by atomic mass is 10.1. The summed E-state index contributed by atoms with van der Waals surface area (Å²) in [5, 5.41) is 0. The molecular weight excluding hydrogens is 1020 g/mol. The Balaban J connectivity index is 4.45. The monoisotopic (exact) mass is 1150 g/mol. The van der Waals surface area contributed by atoms with Crippen molar-refractivity contribution in [3.63, 3.8) is 0 Å². The Morgan fingerprint density at radius 3 is 0.759 bits per heavy atom. The molecule has 0 saturated carbocycles. The van der Waals surface area contributed by atoms with Crippen molar-refractivity contribution in [2.75, 3.05) is 13.2 Å². The largest absolute Gasteiger partial charge is 0.462 e. The fraction of sp³-hybridized carbons (Fsp3) is 0.675. The Morgan fingerprint density at radius 2 is 0.470 bits per heavy atom. The molecular formula is C77H128O6. The number of esters is 3. The van der Waals surface area contributed by atoms with Crippen LogP contribution in [0.1, 0.15) is 316 Å². The zero-order valence-corrected chi connectivity index (χ0v) is 54.2. The van der Waals surface area contributed by atoms with Gasteiger partial charge in [0.2, 0.25) is 0 Å². The topological polar surface area (TPSA) is 78.9 Å². The molecule has 472 valence electrons. The highest BCUT2D eigenvalue weighted by Gasteiger charge is 2.19. The van der Waals surface area contributed by atoms with Gasteiger partial charge in [-0.1, -0.05) is 289 Å². The summed E-state index contributed by atoms with van der Waals surface area (Å²) < 4.78 is 17.0. The minimum absolute atomic E-state index is 0.0964. The molecule has 0 aliphatic rings. The lowest BCUT2D eigenvalue weighted by molar-refractivity contribution is -0.167. The van der Waals surface area contributed by atoms with Gasteiger partial charge in [-0.15, -0.1) is 0 Å². The summed E-state index contributed by atoms with van der Waals surface area (Å²) in [6.45, 7) is 6.48. The second kappa shape index (κ2) is 70.0. The minimum Gasteiger partial charge on any atom is -0.462 e. The number of rotatable bonds is 62. The molecule has 1 unspecified atom stereocenters. The maximum Gasteiger partial charge on any atom is 0.306 e. The highest BCUT2D eigenvalue weighted by atomic mass is 16.6. The highest BCUT2D eigenvalue weighted by Crippen LogP contribution is 2.16. The molecule has 0 heterocycles. The van der Waals surface area contributed by atoms with E-state index in [0.29, 0.717) is 19.3 Å². The molecule has 0 saturated heterocycles. The van der Waals surface area contributed by atoms with Gasteiger partial charge in [0.1, 0.15) is 13.2 Å². The Hall–Kier alpha value is -4.45. The summed E-state index contributed by atoms with van der Waals surface area (Å²) in [6, 6.07) is 0. The maximum absolute atomic E-state index is 13.0. The third kappa shape index (κ3) is 68.2. The van der Waals surface area contributed by atoms with Gasteiger partial charge in [-0.05, 0) is 141 Å². The molecule has 1 atom stereocenters. The van der Waals surface area contributed by atoms with Crippen LogP contribution in [0.4, 0.5) is 0 Å². The maximum atomic E-state index is 13.0. The third-order valence-electron chi connectivity index (χ3n) is 14.6. The van der Waals surface area contributed by atoms with Crippen LogP contribution in [0.5, 0.6) is 0 Å². The Bertz CT molecular complexity index is 1750. The van der Waals surface area contributed by atoms with Crippen molar-refractivity contribution in [2.24, 2.45) is 0 Å². The summed E-state index contributed by atoms with van der Waals surface area (Å²) in [5.41, 5.74) is 0. The zero-order valence-electron chi connectivity index (χ0n) is 54.2. The molecule has 0 rings (SSSR count). The van der Waals surface area contributed by atoms with E-state index in [4.69, 9.17) is 14.2 Å². The average Bonchev–Trinajstić information content (AvgIpc) is 3.49. The van der Waals surface area contributed by atoms with E-state index < -0.39 is 6.10 Å². The number of carbonyl (C=O) groups is 3. The predicted octanol–water partition coefficient (Wildman–Crippen LogP) is 24.1. The van der Waals surface area contributed by atoms with Gasteiger partial charge in [-0.2, -0.15) is 0 Å². The van der Waals surface area contributed by atoms with Crippen molar-refractivity contribution < 1.29 is 28.6 Å². The Labute approximate surface area is 513 Å². The van der Waals surface area contributed by atoms with E-state index in [1.807, 2.05) is 0 Å². The van der Waals surface area contributed by atoms with E-state index in [0.717, 1.165) is 135 Å². The number of hydrogen-bond acceptors (Lipinski definition) is 6. The Morgan fingerprint density at radius 1 is 0.253 bits per heavy atom. The molecule has 0 aliphatic carbocycles. The molecule has 83 heavy (non-hydrogen) atoms. The van der Waals surface area contributed by atoms with Crippen LogP contribution in [0, 0.1) is 0 Å². The molecule has 6 nitrogen and oxygen atoms in total. The molecule has 0 aliphatic heterocycles. The summed E-state index contributed by atoms with van der Waals surface area (Å²) in [7, 11) is 0. The number of allylic oxidation sites excluding steroid dienone is 22. The summed E-state index contributed by atoms with van der Waals surface area (Å²) in [5.74, 6) is -0.926. The smallest absolute Gasteiger partial charge is 0.306 e. The molecule has 0 aromatic carbocycles.